The smallest absolute Gasteiger partial charge is 0.305 e. The highest BCUT2D eigenvalue weighted by Gasteiger charge is 2.27. The number of ether oxygens (including phenoxy) is 1. The predicted octanol–water partition coefficient (Wildman–Crippen LogP) is -0.702. The minimum Gasteiger partial charge on any atom is -0.481 e. The summed E-state index contributed by atoms with van der Waals surface area (Å²) >= 11 is 0. The summed E-state index contributed by atoms with van der Waals surface area (Å²) in [5.41, 5.74) is 0. The Morgan fingerprint density at radius 3 is 3.06 bits per heavy atom. The third-order valence-corrected chi connectivity index (χ3v) is 2.55. The van der Waals surface area contributed by atoms with Gasteiger partial charge < -0.3 is 20.1 Å². The SMILES string of the molecule is COCCN1CCCNC(CC(=O)O)C1=O. The molecule has 16 heavy (non-hydrogen) atoms. The van der Waals surface area contributed by atoms with Gasteiger partial charge in [0.2, 0.25) is 5.91 Å². The first-order valence-corrected chi connectivity index (χ1v) is 5.38. The van der Waals surface area contributed by atoms with Crippen molar-refractivity contribution in [3.05, 3.63) is 0 Å². The molecule has 1 rings (SSSR count). The maximum atomic E-state index is 11.9. The first-order valence-electron chi connectivity index (χ1n) is 5.38. The maximum absolute atomic E-state index is 11.9. The number of hydrogen-bond acceptors (Lipinski definition) is 4. The second-order valence-corrected chi connectivity index (χ2v) is 3.78. The molecule has 0 bridgehead atoms. The molecule has 1 aliphatic rings. The number of aliphatic carboxylic acids is 1. The van der Waals surface area contributed by atoms with Crippen LogP contribution in [0, 0.1) is 0 Å². The number of carboxylic acid groups (broad SMARTS) is 1. The number of nitrogens with one attached hydrogen (secondary N) is 1. The summed E-state index contributed by atoms with van der Waals surface area (Å²) in [6.07, 6.45) is 0.674. The van der Waals surface area contributed by atoms with Crippen LogP contribution >= 0.6 is 0 Å². The Morgan fingerprint density at radius 2 is 2.44 bits per heavy atom. The molecule has 1 saturated heterocycles. The predicted molar refractivity (Wildman–Crippen MR) is 57.1 cm³/mol. The molecule has 1 aliphatic heterocycles. The van der Waals surface area contributed by atoms with Crippen molar-refractivity contribution in [2.45, 2.75) is 18.9 Å². The van der Waals surface area contributed by atoms with Crippen LogP contribution in [0.15, 0.2) is 0 Å². The fraction of sp³-hybridized carbons (Fsp3) is 0.800. The summed E-state index contributed by atoms with van der Waals surface area (Å²) in [4.78, 5) is 24.2. The summed E-state index contributed by atoms with van der Waals surface area (Å²) in [6.45, 7) is 2.33. The molecule has 0 aromatic heterocycles. The molecule has 1 unspecified atom stereocenters. The zero-order valence-electron chi connectivity index (χ0n) is 9.44. The van der Waals surface area contributed by atoms with E-state index in [9.17, 15) is 9.59 Å². The van der Waals surface area contributed by atoms with Crippen molar-refractivity contribution in [3.63, 3.8) is 0 Å². The zero-order valence-corrected chi connectivity index (χ0v) is 9.44. The van der Waals surface area contributed by atoms with Crippen LogP contribution in [-0.2, 0) is 14.3 Å². The van der Waals surface area contributed by atoms with E-state index in [4.69, 9.17) is 9.84 Å². The van der Waals surface area contributed by atoms with Gasteiger partial charge in [0.05, 0.1) is 19.1 Å². The number of carbonyl (C=O) groups is 2. The van der Waals surface area contributed by atoms with Gasteiger partial charge >= 0.3 is 5.97 Å². The Balaban J connectivity index is 2.57. The molecule has 1 atom stereocenters. The third kappa shape index (κ3) is 3.79. The number of amides is 1. The van der Waals surface area contributed by atoms with E-state index < -0.39 is 12.0 Å². The lowest BCUT2D eigenvalue weighted by molar-refractivity contribution is -0.142. The van der Waals surface area contributed by atoms with Crippen LogP contribution < -0.4 is 5.32 Å². The number of carboxylic acids is 1. The molecule has 0 radical (unpaired) electrons. The molecule has 1 fully saturated rings. The fourth-order valence-corrected chi connectivity index (χ4v) is 1.72. The number of rotatable bonds is 5. The standard InChI is InChI=1S/C10H18N2O4/c1-16-6-5-12-4-2-3-11-8(10(12)15)7-9(13)14/h8,11H,2-7H2,1H3,(H,13,14). The van der Waals surface area contributed by atoms with E-state index in [2.05, 4.69) is 5.32 Å². The molecular weight excluding hydrogens is 212 g/mol. The molecule has 2 N–H and O–H groups in total. The highest BCUT2D eigenvalue weighted by molar-refractivity contribution is 5.86. The second-order valence-electron chi connectivity index (χ2n) is 3.78. The van der Waals surface area contributed by atoms with Crippen molar-refractivity contribution in [2.24, 2.45) is 0 Å². The van der Waals surface area contributed by atoms with Gasteiger partial charge in [-0.25, -0.2) is 0 Å². The zero-order chi connectivity index (χ0) is 12.0. The third-order valence-electron chi connectivity index (χ3n) is 2.55. The molecule has 6 heteroatoms. The molecule has 0 aliphatic carbocycles. The molecule has 92 valence electrons. The lowest BCUT2D eigenvalue weighted by Gasteiger charge is -2.23. The monoisotopic (exact) mass is 230 g/mol. The number of hydrogen-bond donors (Lipinski definition) is 2. The van der Waals surface area contributed by atoms with Crippen LogP contribution in [0.5, 0.6) is 0 Å². The summed E-state index contributed by atoms with van der Waals surface area (Å²) in [6, 6.07) is -0.600. The highest BCUT2D eigenvalue weighted by atomic mass is 16.5. The van der Waals surface area contributed by atoms with Crippen LogP contribution in [0.3, 0.4) is 0 Å². The van der Waals surface area contributed by atoms with E-state index in [0.29, 0.717) is 26.2 Å². The van der Waals surface area contributed by atoms with Crippen molar-refractivity contribution in [1.29, 1.82) is 0 Å². The van der Waals surface area contributed by atoms with Crippen LogP contribution in [0.1, 0.15) is 12.8 Å². The van der Waals surface area contributed by atoms with E-state index in [1.54, 1.807) is 12.0 Å². The van der Waals surface area contributed by atoms with Crippen molar-refractivity contribution < 1.29 is 19.4 Å². The minimum atomic E-state index is -0.959. The van der Waals surface area contributed by atoms with Crippen LogP contribution in [0.4, 0.5) is 0 Å². The maximum Gasteiger partial charge on any atom is 0.305 e. The molecule has 0 saturated carbocycles. The molecule has 0 spiro atoms. The van der Waals surface area contributed by atoms with Crippen molar-refractivity contribution in [2.75, 3.05) is 33.4 Å². The average molecular weight is 230 g/mol. The Labute approximate surface area is 94.6 Å². The van der Waals surface area contributed by atoms with Gasteiger partial charge in [-0.1, -0.05) is 0 Å². The van der Waals surface area contributed by atoms with E-state index in [1.807, 2.05) is 0 Å². The van der Waals surface area contributed by atoms with Crippen molar-refractivity contribution in [3.8, 4) is 0 Å². The van der Waals surface area contributed by atoms with E-state index in [1.165, 1.54) is 0 Å². The Kier molecular flexibility index (Phi) is 5.21. The van der Waals surface area contributed by atoms with Crippen molar-refractivity contribution in [1.82, 2.24) is 10.2 Å². The van der Waals surface area contributed by atoms with Gasteiger partial charge in [-0.2, -0.15) is 0 Å². The molecular formula is C10H18N2O4. The van der Waals surface area contributed by atoms with Crippen LogP contribution in [-0.4, -0.2) is 61.3 Å². The molecule has 1 heterocycles. The van der Waals surface area contributed by atoms with Crippen molar-refractivity contribution >= 4 is 11.9 Å². The van der Waals surface area contributed by atoms with E-state index in [0.717, 1.165) is 6.42 Å². The first-order chi connectivity index (χ1) is 7.65. The van der Waals surface area contributed by atoms with Crippen LogP contribution in [0.25, 0.3) is 0 Å². The Morgan fingerprint density at radius 1 is 1.69 bits per heavy atom. The Bertz CT molecular complexity index is 257. The first kappa shape index (κ1) is 12.9. The summed E-state index contributed by atoms with van der Waals surface area (Å²) in [7, 11) is 1.58. The van der Waals surface area contributed by atoms with Gasteiger partial charge in [0.25, 0.3) is 0 Å². The van der Waals surface area contributed by atoms with E-state index in [-0.39, 0.29) is 12.3 Å². The number of carbonyl (C=O) groups excluding carboxylic acids is 1. The van der Waals surface area contributed by atoms with Crippen LogP contribution in [0.2, 0.25) is 0 Å². The highest BCUT2D eigenvalue weighted by Crippen LogP contribution is 2.05. The average Bonchev–Trinajstić information content (AvgIpc) is 2.40. The molecule has 1 amide bonds. The number of methoxy groups -OCH3 is 1. The minimum absolute atomic E-state index is 0.142. The molecule has 0 aromatic rings. The normalized spacial score (nSPS) is 21.9. The molecule has 6 nitrogen and oxygen atoms in total. The van der Waals surface area contributed by atoms with Gasteiger partial charge in [-0.15, -0.1) is 0 Å². The summed E-state index contributed by atoms with van der Waals surface area (Å²) < 4.78 is 4.92. The number of nitrogens with zero attached hydrogens (tertiary/aromatic N) is 1. The van der Waals surface area contributed by atoms with E-state index >= 15 is 0 Å². The van der Waals surface area contributed by atoms with Gasteiger partial charge in [-0.3, -0.25) is 9.59 Å². The largest absolute Gasteiger partial charge is 0.481 e. The lowest BCUT2D eigenvalue weighted by atomic mass is 10.2. The second kappa shape index (κ2) is 6.44. The quantitative estimate of drug-likeness (QED) is 0.653. The van der Waals surface area contributed by atoms with Gasteiger partial charge in [0.1, 0.15) is 0 Å². The summed E-state index contributed by atoms with van der Waals surface area (Å²) in [5.74, 6) is -1.10. The van der Waals surface area contributed by atoms with Gasteiger partial charge in [0, 0.05) is 20.2 Å². The fourth-order valence-electron chi connectivity index (χ4n) is 1.72. The van der Waals surface area contributed by atoms with Gasteiger partial charge in [-0.05, 0) is 13.0 Å². The Hall–Kier alpha value is -1.14. The lowest BCUT2D eigenvalue weighted by Crippen LogP contribution is -2.45. The summed E-state index contributed by atoms with van der Waals surface area (Å²) in [5, 5.41) is 11.7. The topological polar surface area (TPSA) is 78.9 Å². The molecule has 0 aromatic carbocycles. The van der Waals surface area contributed by atoms with Gasteiger partial charge in [0.15, 0.2) is 0 Å².